The van der Waals surface area contributed by atoms with E-state index in [-0.39, 0.29) is 11.8 Å². The van der Waals surface area contributed by atoms with E-state index in [0.717, 1.165) is 28.9 Å². The summed E-state index contributed by atoms with van der Waals surface area (Å²) >= 11 is 0. The van der Waals surface area contributed by atoms with E-state index in [2.05, 4.69) is 5.32 Å². The molecule has 2 amide bonds. The van der Waals surface area contributed by atoms with Gasteiger partial charge in [-0.05, 0) is 42.2 Å². The van der Waals surface area contributed by atoms with Crippen LogP contribution < -0.4 is 10.2 Å². The van der Waals surface area contributed by atoms with Crippen molar-refractivity contribution in [1.29, 1.82) is 0 Å². The molecule has 5 nitrogen and oxygen atoms in total. The Morgan fingerprint density at radius 2 is 1.96 bits per heavy atom. The lowest BCUT2D eigenvalue weighted by atomic mass is 10.0. The monoisotopic (exact) mass is 352 g/mol. The molecular weight excluding hydrogens is 328 g/mol. The molecule has 0 unspecified atom stereocenters. The molecule has 0 atom stereocenters. The zero-order chi connectivity index (χ0) is 18.4. The largest absolute Gasteiger partial charge is 0.383 e. The normalized spacial score (nSPS) is 13.4. The van der Waals surface area contributed by atoms with Gasteiger partial charge in [0, 0.05) is 37.9 Å². The SMILES string of the molecule is COCCN1C(=O)CCc2cc(NC(=O)CCc3ccccc3)ccc21. The summed E-state index contributed by atoms with van der Waals surface area (Å²) in [5.41, 5.74) is 3.94. The highest BCUT2D eigenvalue weighted by molar-refractivity contribution is 5.97. The van der Waals surface area contributed by atoms with Gasteiger partial charge in [0.1, 0.15) is 0 Å². The average molecular weight is 352 g/mol. The summed E-state index contributed by atoms with van der Waals surface area (Å²) in [7, 11) is 1.63. The van der Waals surface area contributed by atoms with Crippen LogP contribution in [0.15, 0.2) is 48.5 Å². The standard InChI is InChI=1S/C21H24N2O3/c1-26-14-13-23-19-10-9-18(15-17(19)8-12-21(23)25)22-20(24)11-7-16-5-3-2-4-6-16/h2-6,9-10,15H,7-8,11-14H2,1H3,(H,22,24). The third-order valence-electron chi connectivity index (χ3n) is 4.57. The molecule has 2 aromatic carbocycles. The van der Waals surface area contributed by atoms with E-state index in [4.69, 9.17) is 4.74 Å². The van der Waals surface area contributed by atoms with Gasteiger partial charge in [-0.3, -0.25) is 9.59 Å². The summed E-state index contributed by atoms with van der Waals surface area (Å²) in [4.78, 5) is 26.1. The van der Waals surface area contributed by atoms with Gasteiger partial charge in [0.15, 0.2) is 0 Å². The van der Waals surface area contributed by atoms with Gasteiger partial charge in [-0.25, -0.2) is 0 Å². The number of nitrogens with zero attached hydrogens (tertiary/aromatic N) is 1. The number of aryl methyl sites for hydroxylation is 2. The Bertz CT molecular complexity index is 774. The number of ether oxygens (including phenoxy) is 1. The smallest absolute Gasteiger partial charge is 0.227 e. The molecule has 26 heavy (non-hydrogen) atoms. The fourth-order valence-corrected chi connectivity index (χ4v) is 3.19. The fraction of sp³-hybridized carbons (Fsp3) is 0.333. The van der Waals surface area contributed by atoms with Crippen molar-refractivity contribution >= 4 is 23.2 Å². The van der Waals surface area contributed by atoms with Crippen LogP contribution in [-0.4, -0.2) is 32.1 Å². The lowest BCUT2D eigenvalue weighted by molar-refractivity contribution is -0.119. The van der Waals surface area contributed by atoms with E-state index in [1.165, 1.54) is 0 Å². The van der Waals surface area contributed by atoms with E-state index in [0.29, 0.717) is 32.4 Å². The molecule has 0 saturated carbocycles. The topological polar surface area (TPSA) is 58.6 Å². The van der Waals surface area contributed by atoms with Crippen molar-refractivity contribution in [2.45, 2.75) is 25.7 Å². The number of carbonyl (C=O) groups excluding carboxylic acids is 2. The van der Waals surface area contributed by atoms with Crippen molar-refractivity contribution in [3.8, 4) is 0 Å². The molecule has 0 saturated heterocycles. The van der Waals surface area contributed by atoms with Crippen LogP contribution in [0.5, 0.6) is 0 Å². The van der Waals surface area contributed by atoms with Crippen molar-refractivity contribution in [3.05, 3.63) is 59.7 Å². The molecule has 0 aromatic heterocycles. The zero-order valence-electron chi connectivity index (χ0n) is 15.0. The van der Waals surface area contributed by atoms with Crippen molar-refractivity contribution in [2.24, 2.45) is 0 Å². The first-order chi connectivity index (χ1) is 12.7. The summed E-state index contributed by atoms with van der Waals surface area (Å²) in [6.07, 6.45) is 2.35. The lowest BCUT2D eigenvalue weighted by Gasteiger charge is -2.29. The van der Waals surface area contributed by atoms with Gasteiger partial charge in [0.25, 0.3) is 0 Å². The first kappa shape index (κ1) is 18.1. The lowest BCUT2D eigenvalue weighted by Crippen LogP contribution is -2.37. The quantitative estimate of drug-likeness (QED) is 0.833. The van der Waals surface area contributed by atoms with E-state index in [1.807, 2.05) is 48.5 Å². The van der Waals surface area contributed by atoms with Crippen LogP contribution in [0.4, 0.5) is 11.4 Å². The maximum absolute atomic E-state index is 12.2. The number of nitrogens with one attached hydrogen (secondary N) is 1. The van der Waals surface area contributed by atoms with Crippen molar-refractivity contribution < 1.29 is 14.3 Å². The average Bonchev–Trinajstić information content (AvgIpc) is 2.66. The molecule has 5 heteroatoms. The van der Waals surface area contributed by atoms with Crippen LogP contribution in [0.3, 0.4) is 0 Å². The molecule has 0 fully saturated rings. The number of methoxy groups -OCH3 is 1. The minimum Gasteiger partial charge on any atom is -0.383 e. The van der Waals surface area contributed by atoms with E-state index in [1.54, 1.807) is 12.0 Å². The minimum absolute atomic E-state index is 0.00284. The third kappa shape index (κ3) is 4.49. The van der Waals surface area contributed by atoms with Crippen LogP contribution in [0.2, 0.25) is 0 Å². The molecule has 1 aliphatic rings. The number of hydrogen-bond donors (Lipinski definition) is 1. The number of anilines is 2. The predicted molar refractivity (Wildman–Crippen MR) is 102 cm³/mol. The summed E-state index contributed by atoms with van der Waals surface area (Å²) in [5.74, 6) is 0.117. The molecule has 1 N–H and O–H groups in total. The van der Waals surface area contributed by atoms with Crippen LogP contribution in [0, 0.1) is 0 Å². The Balaban J connectivity index is 1.63. The summed E-state index contributed by atoms with van der Waals surface area (Å²) in [6, 6.07) is 15.7. The molecule has 2 aromatic rings. The Hall–Kier alpha value is -2.66. The second-order valence-corrected chi connectivity index (χ2v) is 6.42. The summed E-state index contributed by atoms with van der Waals surface area (Å²) in [6.45, 7) is 1.05. The number of hydrogen-bond acceptors (Lipinski definition) is 3. The van der Waals surface area contributed by atoms with Crippen LogP contribution in [0.25, 0.3) is 0 Å². The van der Waals surface area contributed by atoms with Crippen LogP contribution in [-0.2, 0) is 27.2 Å². The number of rotatable bonds is 7. The number of fused-ring (bicyclic) bond motifs is 1. The molecule has 3 rings (SSSR count). The van der Waals surface area contributed by atoms with Crippen molar-refractivity contribution in [3.63, 3.8) is 0 Å². The van der Waals surface area contributed by atoms with Gasteiger partial charge in [-0.2, -0.15) is 0 Å². The third-order valence-corrected chi connectivity index (χ3v) is 4.57. The molecule has 1 aliphatic heterocycles. The van der Waals surface area contributed by atoms with E-state index < -0.39 is 0 Å². The predicted octanol–water partition coefficient (Wildman–Crippen LogP) is 3.18. The highest BCUT2D eigenvalue weighted by Crippen LogP contribution is 2.30. The summed E-state index contributed by atoms with van der Waals surface area (Å²) in [5, 5.41) is 2.96. The van der Waals surface area contributed by atoms with Gasteiger partial charge < -0.3 is 15.0 Å². The Morgan fingerprint density at radius 3 is 2.73 bits per heavy atom. The second-order valence-electron chi connectivity index (χ2n) is 6.42. The first-order valence-corrected chi connectivity index (χ1v) is 8.93. The van der Waals surface area contributed by atoms with Gasteiger partial charge in [0.05, 0.1) is 6.61 Å². The van der Waals surface area contributed by atoms with Gasteiger partial charge >= 0.3 is 0 Å². The summed E-state index contributed by atoms with van der Waals surface area (Å²) < 4.78 is 5.10. The zero-order valence-corrected chi connectivity index (χ0v) is 15.0. The molecule has 0 aliphatic carbocycles. The van der Waals surface area contributed by atoms with E-state index >= 15 is 0 Å². The minimum atomic E-state index is -0.00284. The van der Waals surface area contributed by atoms with Crippen LogP contribution >= 0.6 is 0 Å². The van der Waals surface area contributed by atoms with Gasteiger partial charge in [-0.15, -0.1) is 0 Å². The molecular formula is C21H24N2O3. The number of benzene rings is 2. The van der Waals surface area contributed by atoms with Gasteiger partial charge in [0.2, 0.25) is 11.8 Å². The van der Waals surface area contributed by atoms with Crippen molar-refractivity contribution in [2.75, 3.05) is 30.5 Å². The number of amides is 2. The highest BCUT2D eigenvalue weighted by atomic mass is 16.5. The highest BCUT2D eigenvalue weighted by Gasteiger charge is 2.24. The maximum atomic E-state index is 12.2. The number of carbonyl (C=O) groups is 2. The molecule has 1 heterocycles. The Kier molecular flexibility index (Phi) is 6.02. The maximum Gasteiger partial charge on any atom is 0.227 e. The molecule has 0 bridgehead atoms. The molecule has 0 spiro atoms. The first-order valence-electron chi connectivity index (χ1n) is 8.93. The molecule has 0 radical (unpaired) electrons. The van der Waals surface area contributed by atoms with E-state index in [9.17, 15) is 9.59 Å². The van der Waals surface area contributed by atoms with Crippen molar-refractivity contribution in [1.82, 2.24) is 0 Å². The second kappa shape index (κ2) is 8.63. The van der Waals surface area contributed by atoms with Crippen LogP contribution in [0.1, 0.15) is 24.0 Å². The molecule has 136 valence electrons. The fourth-order valence-electron chi connectivity index (χ4n) is 3.19. The Labute approximate surface area is 154 Å². The Morgan fingerprint density at radius 1 is 1.15 bits per heavy atom. The van der Waals surface area contributed by atoms with Gasteiger partial charge in [-0.1, -0.05) is 30.3 Å².